The number of rotatable bonds is 2. The van der Waals surface area contributed by atoms with Crippen LogP contribution in [0.5, 0.6) is 5.75 Å². The maximum atomic E-state index is 9.31. The fourth-order valence-corrected chi connectivity index (χ4v) is 1.99. The van der Waals surface area contributed by atoms with Crippen LogP contribution in [0.4, 0.5) is 0 Å². The summed E-state index contributed by atoms with van der Waals surface area (Å²) in [6.45, 7) is 0. The Morgan fingerprint density at radius 2 is 2.33 bits per heavy atom. The fourth-order valence-electron chi connectivity index (χ4n) is 1.26. The summed E-state index contributed by atoms with van der Waals surface area (Å²) in [5, 5.41) is 20.5. The molecule has 0 atom stereocenters. The van der Waals surface area contributed by atoms with Crippen molar-refractivity contribution in [2.75, 3.05) is 0 Å². The standard InChI is InChI=1S/C11H8N2OS/c12-5-4-11-13-10(7-15-11)8-2-1-3-9(14)6-8/h1-3,6-7,14H,4H2. The highest BCUT2D eigenvalue weighted by molar-refractivity contribution is 7.10. The van der Waals surface area contributed by atoms with E-state index < -0.39 is 0 Å². The number of aromatic hydroxyl groups is 1. The third-order valence-corrected chi connectivity index (χ3v) is 2.77. The maximum absolute atomic E-state index is 9.31. The molecular weight excluding hydrogens is 208 g/mol. The average molecular weight is 216 g/mol. The number of aromatic nitrogens is 1. The molecule has 0 saturated carbocycles. The van der Waals surface area contributed by atoms with E-state index in [4.69, 9.17) is 5.26 Å². The first-order valence-electron chi connectivity index (χ1n) is 4.40. The zero-order chi connectivity index (χ0) is 10.7. The van der Waals surface area contributed by atoms with Crippen LogP contribution >= 0.6 is 11.3 Å². The predicted molar refractivity (Wildman–Crippen MR) is 58.5 cm³/mol. The summed E-state index contributed by atoms with van der Waals surface area (Å²) in [5.41, 5.74) is 1.68. The molecule has 15 heavy (non-hydrogen) atoms. The van der Waals surface area contributed by atoms with Gasteiger partial charge in [0.25, 0.3) is 0 Å². The quantitative estimate of drug-likeness (QED) is 0.839. The van der Waals surface area contributed by atoms with Gasteiger partial charge in [-0.05, 0) is 12.1 Å². The van der Waals surface area contributed by atoms with Gasteiger partial charge in [0.1, 0.15) is 10.8 Å². The van der Waals surface area contributed by atoms with Crippen LogP contribution in [-0.4, -0.2) is 10.1 Å². The second-order valence-electron chi connectivity index (χ2n) is 3.01. The lowest BCUT2D eigenvalue weighted by molar-refractivity contribution is 0.475. The Balaban J connectivity index is 2.34. The largest absolute Gasteiger partial charge is 0.508 e. The highest BCUT2D eigenvalue weighted by Gasteiger charge is 2.04. The minimum Gasteiger partial charge on any atom is -0.508 e. The van der Waals surface area contributed by atoms with Gasteiger partial charge in [-0.2, -0.15) is 5.26 Å². The molecule has 1 heterocycles. The lowest BCUT2D eigenvalue weighted by atomic mass is 10.2. The first kappa shape index (κ1) is 9.69. The molecule has 2 aromatic rings. The Labute approximate surface area is 91.3 Å². The van der Waals surface area contributed by atoms with E-state index >= 15 is 0 Å². The summed E-state index contributed by atoms with van der Waals surface area (Å²) in [6.07, 6.45) is 0.337. The van der Waals surface area contributed by atoms with Crippen molar-refractivity contribution in [2.45, 2.75) is 6.42 Å². The fraction of sp³-hybridized carbons (Fsp3) is 0.0909. The first-order valence-corrected chi connectivity index (χ1v) is 5.28. The Hall–Kier alpha value is -1.86. The van der Waals surface area contributed by atoms with Crippen molar-refractivity contribution < 1.29 is 5.11 Å². The van der Waals surface area contributed by atoms with Gasteiger partial charge in [-0.3, -0.25) is 0 Å². The smallest absolute Gasteiger partial charge is 0.116 e. The number of hydrogen-bond donors (Lipinski definition) is 1. The molecule has 0 aliphatic rings. The summed E-state index contributed by atoms with van der Waals surface area (Å²) in [5.74, 6) is 0.224. The second-order valence-corrected chi connectivity index (χ2v) is 3.95. The topological polar surface area (TPSA) is 56.9 Å². The zero-order valence-corrected chi connectivity index (χ0v) is 8.66. The van der Waals surface area contributed by atoms with E-state index in [1.807, 2.05) is 11.4 Å². The van der Waals surface area contributed by atoms with E-state index in [0.29, 0.717) is 6.42 Å². The summed E-state index contributed by atoms with van der Waals surface area (Å²) in [4.78, 5) is 4.30. The highest BCUT2D eigenvalue weighted by Crippen LogP contribution is 2.24. The molecule has 0 saturated heterocycles. The molecule has 2 rings (SSSR count). The molecule has 0 fully saturated rings. The van der Waals surface area contributed by atoms with Gasteiger partial charge >= 0.3 is 0 Å². The molecule has 0 bridgehead atoms. The van der Waals surface area contributed by atoms with Gasteiger partial charge in [0.05, 0.1) is 18.2 Å². The number of hydrogen-bond acceptors (Lipinski definition) is 4. The van der Waals surface area contributed by atoms with E-state index in [-0.39, 0.29) is 5.75 Å². The van der Waals surface area contributed by atoms with Crippen LogP contribution in [0, 0.1) is 11.3 Å². The minimum absolute atomic E-state index is 0.224. The summed E-state index contributed by atoms with van der Waals surface area (Å²) < 4.78 is 0. The summed E-state index contributed by atoms with van der Waals surface area (Å²) in [6, 6.07) is 8.99. The molecule has 0 aliphatic carbocycles. The molecule has 1 N–H and O–H groups in total. The van der Waals surface area contributed by atoms with Gasteiger partial charge in [-0.15, -0.1) is 11.3 Å². The Morgan fingerprint density at radius 1 is 1.47 bits per heavy atom. The molecule has 3 nitrogen and oxygen atoms in total. The predicted octanol–water partition coefficient (Wildman–Crippen LogP) is 2.58. The Morgan fingerprint density at radius 3 is 3.07 bits per heavy atom. The molecule has 0 spiro atoms. The molecule has 74 valence electrons. The van der Waals surface area contributed by atoms with Crippen LogP contribution in [0.15, 0.2) is 29.6 Å². The van der Waals surface area contributed by atoms with Crippen molar-refractivity contribution in [3.8, 4) is 23.1 Å². The third-order valence-electron chi connectivity index (χ3n) is 1.92. The van der Waals surface area contributed by atoms with Crippen molar-refractivity contribution in [2.24, 2.45) is 0 Å². The minimum atomic E-state index is 0.224. The van der Waals surface area contributed by atoms with Gasteiger partial charge in [0.15, 0.2) is 0 Å². The van der Waals surface area contributed by atoms with E-state index in [1.54, 1.807) is 18.2 Å². The van der Waals surface area contributed by atoms with E-state index in [2.05, 4.69) is 11.1 Å². The van der Waals surface area contributed by atoms with Crippen LogP contribution in [-0.2, 0) is 6.42 Å². The van der Waals surface area contributed by atoms with Crippen LogP contribution in [0.1, 0.15) is 5.01 Å². The van der Waals surface area contributed by atoms with Crippen LogP contribution in [0.25, 0.3) is 11.3 Å². The molecule has 4 heteroatoms. The van der Waals surface area contributed by atoms with Crippen molar-refractivity contribution in [3.63, 3.8) is 0 Å². The highest BCUT2D eigenvalue weighted by atomic mass is 32.1. The molecule has 0 amide bonds. The number of nitrogens with zero attached hydrogens (tertiary/aromatic N) is 2. The van der Waals surface area contributed by atoms with Crippen LogP contribution < -0.4 is 0 Å². The molecule has 0 unspecified atom stereocenters. The van der Waals surface area contributed by atoms with Crippen LogP contribution in [0.3, 0.4) is 0 Å². The van der Waals surface area contributed by atoms with Crippen molar-refractivity contribution in [3.05, 3.63) is 34.7 Å². The number of benzene rings is 1. The Kier molecular flexibility index (Phi) is 2.66. The number of phenolic OH excluding ortho intramolecular Hbond substituents is 1. The third kappa shape index (κ3) is 2.14. The van der Waals surface area contributed by atoms with Gasteiger partial charge in [0.2, 0.25) is 0 Å². The summed E-state index contributed by atoms with van der Waals surface area (Å²) >= 11 is 1.46. The lowest BCUT2D eigenvalue weighted by Gasteiger charge is -1.96. The van der Waals surface area contributed by atoms with Gasteiger partial charge in [0, 0.05) is 10.9 Å². The van der Waals surface area contributed by atoms with Crippen molar-refractivity contribution in [1.82, 2.24) is 4.98 Å². The van der Waals surface area contributed by atoms with Gasteiger partial charge < -0.3 is 5.11 Å². The molecular formula is C11H8N2OS. The summed E-state index contributed by atoms with van der Waals surface area (Å²) in [7, 11) is 0. The van der Waals surface area contributed by atoms with Gasteiger partial charge in [-0.25, -0.2) is 4.98 Å². The normalized spacial score (nSPS) is 9.80. The van der Waals surface area contributed by atoms with E-state index in [0.717, 1.165) is 16.3 Å². The second kappa shape index (κ2) is 4.11. The number of phenols is 1. The van der Waals surface area contributed by atoms with E-state index in [1.165, 1.54) is 11.3 Å². The molecule has 1 aromatic carbocycles. The number of nitriles is 1. The SMILES string of the molecule is N#CCc1nc(-c2cccc(O)c2)cs1. The van der Waals surface area contributed by atoms with Gasteiger partial charge in [-0.1, -0.05) is 12.1 Å². The zero-order valence-electron chi connectivity index (χ0n) is 7.84. The molecule has 1 aromatic heterocycles. The average Bonchev–Trinajstić information content (AvgIpc) is 2.67. The van der Waals surface area contributed by atoms with Crippen molar-refractivity contribution in [1.29, 1.82) is 5.26 Å². The monoisotopic (exact) mass is 216 g/mol. The molecule has 0 radical (unpaired) electrons. The van der Waals surface area contributed by atoms with E-state index in [9.17, 15) is 5.11 Å². The first-order chi connectivity index (χ1) is 7.29. The lowest BCUT2D eigenvalue weighted by Crippen LogP contribution is -1.81. The van der Waals surface area contributed by atoms with Crippen LogP contribution in [0.2, 0.25) is 0 Å². The maximum Gasteiger partial charge on any atom is 0.116 e. The Bertz CT molecular complexity index is 513. The number of thiazole rings is 1. The molecule has 0 aliphatic heterocycles. The van der Waals surface area contributed by atoms with Crippen molar-refractivity contribution >= 4 is 11.3 Å².